The van der Waals surface area contributed by atoms with Gasteiger partial charge in [0.15, 0.2) is 0 Å². The predicted octanol–water partition coefficient (Wildman–Crippen LogP) is 4.30. The largest absolute Gasteiger partial charge is 0.361 e. The molecule has 3 aliphatic heterocycles. The number of nitrogens with one attached hydrogen (secondary N) is 3. The van der Waals surface area contributed by atoms with E-state index in [1.54, 1.807) is 36.4 Å². The summed E-state index contributed by atoms with van der Waals surface area (Å²) in [5, 5.41) is 8.02. The van der Waals surface area contributed by atoms with E-state index in [2.05, 4.69) is 15.6 Å². The minimum atomic E-state index is -1.40. The first kappa shape index (κ1) is 22.3. The van der Waals surface area contributed by atoms with Gasteiger partial charge in [-0.25, -0.2) is 4.90 Å². The fourth-order valence-electron chi connectivity index (χ4n) is 6.58. The lowest BCUT2D eigenvalue weighted by Crippen LogP contribution is -2.53. The maximum atomic E-state index is 14.1. The molecule has 0 bridgehead atoms. The number of aryl methyl sites for hydroxylation is 1. The molecule has 4 heterocycles. The van der Waals surface area contributed by atoms with E-state index >= 15 is 0 Å². The summed E-state index contributed by atoms with van der Waals surface area (Å²) in [4.78, 5) is 46.4. The smallest absolute Gasteiger partial charge is 0.250 e. The summed E-state index contributed by atoms with van der Waals surface area (Å²) in [6, 6.07) is 19.9. The van der Waals surface area contributed by atoms with Crippen molar-refractivity contribution < 1.29 is 14.4 Å². The first-order chi connectivity index (χ1) is 17.9. The van der Waals surface area contributed by atoms with Crippen molar-refractivity contribution in [3.63, 3.8) is 0 Å². The van der Waals surface area contributed by atoms with Crippen molar-refractivity contribution in [2.24, 2.45) is 11.8 Å². The van der Waals surface area contributed by atoms with Crippen LogP contribution in [0.15, 0.2) is 72.9 Å². The van der Waals surface area contributed by atoms with Gasteiger partial charge < -0.3 is 10.3 Å². The Hall–Kier alpha value is -3.94. The molecule has 8 heteroatoms. The van der Waals surface area contributed by atoms with Crippen LogP contribution in [0.5, 0.6) is 0 Å². The molecule has 4 aromatic rings. The Morgan fingerprint density at radius 1 is 0.973 bits per heavy atom. The second-order valence-electron chi connectivity index (χ2n) is 10.1. The van der Waals surface area contributed by atoms with E-state index in [4.69, 9.17) is 11.6 Å². The number of H-pyrrole nitrogens is 1. The van der Waals surface area contributed by atoms with Gasteiger partial charge in [-0.15, -0.1) is 0 Å². The number of benzene rings is 3. The molecule has 1 spiro atoms. The third-order valence-corrected chi connectivity index (χ3v) is 8.33. The number of amides is 3. The number of hydrogen-bond donors (Lipinski definition) is 3. The highest BCUT2D eigenvalue weighted by Gasteiger charge is 2.70. The lowest BCUT2D eigenvalue weighted by Gasteiger charge is -2.29. The molecule has 7 nitrogen and oxygen atoms in total. The van der Waals surface area contributed by atoms with Gasteiger partial charge in [-0.3, -0.25) is 19.7 Å². The van der Waals surface area contributed by atoms with Crippen LogP contribution in [0.2, 0.25) is 5.02 Å². The summed E-state index contributed by atoms with van der Waals surface area (Å²) in [5.41, 5.74) is 3.19. The number of anilines is 2. The van der Waals surface area contributed by atoms with E-state index < -0.39 is 23.4 Å². The van der Waals surface area contributed by atoms with Crippen LogP contribution in [0, 0.1) is 18.8 Å². The van der Waals surface area contributed by atoms with Crippen LogP contribution in [-0.2, 0) is 26.3 Å². The Labute approximate surface area is 217 Å². The maximum absolute atomic E-state index is 14.1. The third-order valence-electron chi connectivity index (χ3n) is 8.12. The monoisotopic (exact) mass is 510 g/mol. The summed E-state index contributed by atoms with van der Waals surface area (Å²) in [6.45, 7) is 1.87. The van der Waals surface area contributed by atoms with E-state index in [0.29, 0.717) is 28.4 Å². The van der Waals surface area contributed by atoms with Gasteiger partial charge in [-0.05, 0) is 54.8 Å². The molecule has 4 unspecified atom stereocenters. The van der Waals surface area contributed by atoms with Gasteiger partial charge >= 0.3 is 0 Å². The van der Waals surface area contributed by atoms with Crippen molar-refractivity contribution in [1.82, 2.24) is 10.3 Å². The number of aromatic nitrogens is 1. The van der Waals surface area contributed by atoms with Crippen LogP contribution in [0.3, 0.4) is 0 Å². The van der Waals surface area contributed by atoms with Crippen LogP contribution < -0.4 is 15.5 Å². The number of imide groups is 1. The summed E-state index contributed by atoms with van der Waals surface area (Å²) in [5.74, 6) is -2.64. The van der Waals surface area contributed by atoms with Crippen LogP contribution in [0.25, 0.3) is 10.9 Å². The van der Waals surface area contributed by atoms with Crippen LogP contribution in [0.1, 0.15) is 16.7 Å². The number of nitrogens with zero attached hydrogens (tertiary/aromatic N) is 1. The van der Waals surface area contributed by atoms with Crippen molar-refractivity contribution in [2.75, 3.05) is 10.2 Å². The Kier molecular flexibility index (Phi) is 4.68. The molecule has 7 rings (SSSR count). The highest BCUT2D eigenvalue weighted by atomic mass is 35.5. The van der Waals surface area contributed by atoms with Crippen molar-refractivity contribution in [1.29, 1.82) is 0 Å². The van der Waals surface area contributed by atoms with E-state index in [-0.39, 0.29) is 17.7 Å². The molecule has 3 N–H and O–H groups in total. The number of carbonyl (C=O) groups is 3. The van der Waals surface area contributed by atoms with Crippen molar-refractivity contribution in [3.8, 4) is 0 Å². The number of hydrogen-bond acceptors (Lipinski definition) is 4. The van der Waals surface area contributed by atoms with E-state index in [9.17, 15) is 14.4 Å². The van der Waals surface area contributed by atoms with Crippen LogP contribution in [-0.4, -0.2) is 28.7 Å². The third kappa shape index (κ3) is 2.95. The molecule has 1 aromatic heterocycles. The number of rotatable bonds is 3. The zero-order chi connectivity index (χ0) is 25.5. The van der Waals surface area contributed by atoms with Crippen molar-refractivity contribution in [3.05, 3.63) is 94.6 Å². The SMILES string of the molecule is Cc1cc(Cl)cc2c1NC(=O)C21NC(Cc2c[nH]c3ccccc23)C2C(=O)N(c3ccccc3)C(=O)C21. The van der Waals surface area contributed by atoms with Gasteiger partial charge in [0.2, 0.25) is 17.7 Å². The molecule has 4 atom stereocenters. The highest BCUT2D eigenvalue weighted by Crippen LogP contribution is 2.55. The molecule has 3 amide bonds. The number of aromatic amines is 1. The van der Waals surface area contributed by atoms with Gasteiger partial charge in [-0.2, -0.15) is 0 Å². The fourth-order valence-corrected chi connectivity index (χ4v) is 6.85. The topological polar surface area (TPSA) is 94.3 Å². The molecule has 3 aromatic carbocycles. The quantitative estimate of drug-likeness (QED) is 0.358. The van der Waals surface area contributed by atoms with Crippen molar-refractivity contribution in [2.45, 2.75) is 24.9 Å². The minimum absolute atomic E-state index is 0.296. The molecular weight excluding hydrogens is 488 g/mol. The zero-order valence-corrected chi connectivity index (χ0v) is 20.7. The molecule has 37 heavy (non-hydrogen) atoms. The average Bonchev–Trinajstić information content (AvgIpc) is 3.60. The zero-order valence-electron chi connectivity index (χ0n) is 19.9. The number of carbonyl (C=O) groups excluding carboxylic acids is 3. The van der Waals surface area contributed by atoms with E-state index in [1.807, 2.05) is 43.5 Å². The summed E-state index contributed by atoms with van der Waals surface area (Å²) < 4.78 is 0. The van der Waals surface area contributed by atoms with Crippen LogP contribution >= 0.6 is 11.6 Å². The standard InChI is InChI=1S/C29H23ClN4O3/c1-15-11-17(30)13-20-25(15)32-28(37)29(20)24-23(26(35)34(27(24)36)18-7-3-2-4-8-18)22(33-29)12-16-14-31-21-10-6-5-9-19(16)21/h2-11,13-14,22-24,31,33H,12H2,1H3,(H,32,37). The van der Waals surface area contributed by atoms with Crippen LogP contribution in [0.4, 0.5) is 11.4 Å². The molecule has 0 saturated carbocycles. The number of fused-ring (bicyclic) bond motifs is 5. The summed E-state index contributed by atoms with van der Waals surface area (Å²) >= 11 is 6.45. The predicted molar refractivity (Wildman–Crippen MR) is 141 cm³/mol. The fraction of sp³-hybridized carbons (Fsp3) is 0.207. The summed E-state index contributed by atoms with van der Waals surface area (Å²) in [7, 11) is 0. The minimum Gasteiger partial charge on any atom is -0.361 e. The van der Waals surface area contributed by atoms with Gasteiger partial charge in [0.05, 0.1) is 17.5 Å². The number of halogens is 1. The average molecular weight is 511 g/mol. The molecule has 0 radical (unpaired) electrons. The first-order valence-corrected chi connectivity index (χ1v) is 12.7. The first-order valence-electron chi connectivity index (χ1n) is 12.3. The summed E-state index contributed by atoms with van der Waals surface area (Å²) in [6.07, 6.45) is 2.41. The van der Waals surface area contributed by atoms with E-state index in [1.165, 1.54) is 4.90 Å². The Morgan fingerprint density at radius 3 is 2.54 bits per heavy atom. The Bertz CT molecular complexity index is 1630. The molecule has 3 aliphatic rings. The van der Waals surface area contributed by atoms with Gasteiger partial charge in [0.25, 0.3) is 0 Å². The lowest BCUT2D eigenvalue weighted by atomic mass is 9.76. The highest BCUT2D eigenvalue weighted by molar-refractivity contribution is 6.31. The molecule has 0 aliphatic carbocycles. The molecule has 184 valence electrons. The second kappa shape index (κ2) is 7.78. The normalized spacial score (nSPS) is 26.3. The molecular formula is C29H23ClN4O3. The van der Waals surface area contributed by atoms with E-state index in [0.717, 1.165) is 22.0 Å². The maximum Gasteiger partial charge on any atom is 0.250 e. The van der Waals surface area contributed by atoms with Gasteiger partial charge in [0.1, 0.15) is 5.54 Å². The van der Waals surface area contributed by atoms with Gasteiger partial charge in [0, 0.05) is 39.4 Å². The Balaban J connectivity index is 1.40. The van der Waals surface area contributed by atoms with Crippen molar-refractivity contribution >= 4 is 51.6 Å². The Morgan fingerprint density at radius 2 is 1.73 bits per heavy atom. The second-order valence-corrected chi connectivity index (χ2v) is 10.5. The van der Waals surface area contributed by atoms with Gasteiger partial charge in [-0.1, -0.05) is 48.0 Å². The lowest BCUT2D eigenvalue weighted by molar-refractivity contribution is -0.130. The number of para-hydroxylation sites is 2. The molecule has 2 fully saturated rings. The molecule has 2 saturated heterocycles.